The molecule has 1 amide bonds. The molecule has 1 saturated heterocycles. The van der Waals surface area contributed by atoms with Gasteiger partial charge in [-0.15, -0.1) is 0 Å². The molecule has 0 radical (unpaired) electrons. The van der Waals surface area contributed by atoms with E-state index in [1.165, 1.54) is 0 Å². The summed E-state index contributed by atoms with van der Waals surface area (Å²) < 4.78 is 6.89. The molecule has 5 nitrogen and oxygen atoms in total. The molecule has 1 aromatic heterocycles. The minimum absolute atomic E-state index is 0.0599. The molecule has 1 aliphatic heterocycles. The highest BCUT2D eigenvalue weighted by Crippen LogP contribution is 2.26. The van der Waals surface area contributed by atoms with Crippen LogP contribution in [0.2, 0.25) is 0 Å². The van der Waals surface area contributed by atoms with Crippen molar-refractivity contribution < 1.29 is 9.21 Å². The van der Waals surface area contributed by atoms with Crippen LogP contribution in [0.5, 0.6) is 0 Å². The van der Waals surface area contributed by atoms with Gasteiger partial charge in [0.05, 0.1) is 5.69 Å². The lowest BCUT2D eigenvalue weighted by molar-refractivity contribution is -0.121. The van der Waals surface area contributed by atoms with Crippen LogP contribution in [0, 0.1) is 6.92 Å². The second kappa shape index (κ2) is 7.94. The van der Waals surface area contributed by atoms with Crippen molar-refractivity contribution in [1.29, 1.82) is 0 Å². The van der Waals surface area contributed by atoms with E-state index in [2.05, 4.69) is 31.5 Å². The Morgan fingerprint density at radius 3 is 2.92 bits per heavy atom. The van der Waals surface area contributed by atoms with E-state index in [9.17, 15) is 4.79 Å². The minimum Gasteiger partial charge on any atom is -0.440 e. The minimum atomic E-state index is 0.0599. The Bertz CT molecular complexity index is 691. The highest BCUT2D eigenvalue weighted by Gasteiger charge is 2.17. The molecular formula is C18H22BrN3O2. The average molecular weight is 392 g/mol. The highest BCUT2D eigenvalue weighted by atomic mass is 79.9. The molecule has 2 aromatic rings. The molecule has 1 fully saturated rings. The number of piperidine rings is 1. The van der Waals surface area contributed by atoms with Crippen LogP contribution < -0.4 is 10.6 Å². The summed E-state index contributed by atoms with van der Waals surface area (Å²) in [6.07, 6.45) is 3.07. The van der Waals surface area contributed by atoms with E-state index in [4.69, 9.17) is 4.42 Å². The number of halogens is 1. The number of aryl methyl sites for hydroxylation is 2. The standard InChI is InChI=1S/C18H22BrN3O2/c1-12-18(13-4-6-14(19)7-5-13)24-17(21-12)9-8-16(23)22-15-3-2-10-20-11-15/h4-7,15,20H,2-3,8-11H2,1H3,(H,22,23). The summed E-state index contributed by atoms with van der Waals surface area (Å²) in [6, 6.07) is 8.18. The van der Waals surface area contributed by atoms with Crippen LogP contribution >= 0.6 is 15.9 Å². The van der Waals surface area contributed by atoms with Crippen LogP contribution in [0.4, 0.5) is 0 Å². The Balaban J connectivity index is 1.57. The fraction of sp³-hybridized carbons (Fsp3) is 0.444. The number of hydrogen-bond donors (Lipinski definition) is 2. The predicted octanol–water partition coefficient (Wildman–Crippen LogP) is 3.21. The first-order valence-electron chi connectivity index (χ1n) is 8.34. The van der Waals surface area contributed by atoms with Crippen LogP contribution in [-0.4, -0.2) is 30.0 Å². The number of carbonyl (C=O) groups is 1. The molecule has 1 aromatic carbocycles. The third kappa shape index (κ3) is 4.45. The summed E-state index contributed by atoms with van der Waals surface area (Å²) in [5.74, 6) is 1.45. The Hall–Kier alpha value is -1.66. The normalized spacial score (nSPS) is 17.7. The Labute approximate surface area is 150 Å². The number of rotatable bonds is 5. The van der Waals surface area contributed by atoms with E-state index in [1.54, 1.807) is 0 Å². The molecule has 1 atom stereocenters. The van der Waals surface area contributed by atoms with Gasteiger partial charge in [-0.25, -0.2) is 4.98 Å². The first kappa shape index (κ1) is 17.2. The van der Waals surface area contributed by atoms with Gasteiger partial charge in [-0.3, -0.25) is 4.79 Å². The fourth-order valence-electron chi connectivity index (χ4n) is 2.92. The van der Waals surface area contributed by atoms with Crippen molar-refractivity contribution in [3.63, 3.8) is 0 Å². The van der Waals surface area contributed by atoms with Crippen molar-refractivity contribution in [2.75, 3.05) is 13.1 Å². The molecule has 6 heteroatoms. The lowest BCUT2D eigenvalue weighted by Crippen LogP contribution is -2.45. The summed E-state index contributed by atoms with van der Waals surface area (Å²) in [5.41, 5.74) is 1.84. The largest absolute Gasteiger partial charge is 0.440 e. The summed E-state index contributed by atoms with van der Waals surface area (Å²) >= 11 is 3.43. The number of carbonyl (C=O) groups excluding carboxylic acids is 1. The maximum Gasteiger partial charge on any atom is 0.220 e. The van der Waals surface area contributed by atoms with E-state index >= 15 is 0 Å². The summed E-state index contributed by atoms with van der Waals surface area (Å²) in [5, 5.41) is 6.37. The first-order chi connectivity index (χ1) is 11.6. The van der Waals surface area contributed by atoms with Crippen molar-refractivity contribution in [3.05, 3.63) is 40.3 Å². The molecule has 24 heavy (non-hydrogen) atoms. The van der Waals surface area contributed by atoms with Gasteiger partial charge in [0.1, 0.15) is 0 Å². The van der Waals surface area contributed by atoms with Crippen LogP contribution in [0.3, 0.4) is 0 Å². The summed E-state index contributed by atoms with van der Waals surface area (Å²) in [6.45, 7) is 3.83. The zero-order chi connectivity index (χ0) is 16.9. The third-order valence-electron chi connectivity index (χ3n) is 4.18. The van der Waals surface area contributed by atoms with Gasteiger partial charge in [0, 0.05) is 35.5 Å². The molecule has 2 N–H and O–H groups in total. The third-order valence-corrected chi connectivity index (χ3v) is 4.70. The van der Waals surface area contributed by atoms with Gasteiger partial charge in [0.25, 0.3) is 0 Å². The molecule has 0 aliphatic carbocycles. The fourth-order valence-corrected chi connectivity index (χ4v) is 3.19. The van der Waals surface area contributed by atoms with Gasteiger partial charge in [-0.05, 0) is 38.4 Å². The van der Waals surface area contributed by atoms with Gasteiger partial charge in [-0.1, -0.05) is 28.1 Å². The second-order valence-corrected chi connectivity index (χ2v) is 7.06. The first-order valence-corrected chi connectivity index (χ1v) is 9.13. The maximum atomic E-state index is 12.1. The smallest absolute Gasteiger partial charge is 0.220 e. The van der Waals surface area contributed by atoms with E-state index < -0.39 is 0 Å². The molecule has 3 rings (SSSR count). The molecule has 1 unspecified atom stereocenters. The van der Waals surface area contributed by atoms with Crippen molar-refractivity contribution in [2.24, 2.45) is 0 Å². The van der Waals surface area contributed by atoms with Gasteiger partial charge in [-0.2, -0.15) is 0 Å². The van der Waals surface area contributed by atoms with Crippen molar-refractivity contribution >= 4 is 21.8 Å². The molecule has 1 aliphatic rings. The Morgan fingerprint density at radius 1 is 1.42 bits per heavy atom. The van der Waals surface area contributed by atoms with Crippen molar-refractivity contribution in [1.82, 2.24) is 15.6 Å². The Kier molecular flexibility index (Phi) is 5.68. The molecule has 128 valence electrons. The Morgan fingerprint density at radius 2 is 2.21 bits per heavy atom. The highest BCUT2D eigenvalue weighted by molar-refractivity contribution is 9.10. The van der Waals surface area contributed by atoms with Crippen LogP contribution in [-0.2, 0) is 11.2 Å². The van der Waals surface area contributed by atoms with E-state index in [-0.39, 0.29) is 11.9 Å². The van der Waals surface area contributed by atoms with E-state index in [1.807, 2.05) is 31.2 Å². The van der Waals surface area contributed by atoms with Gasteiger partial charge in [0.15, 0.2) is 11.7 Å². The molecule has 2 heterocycles. The van der Waals surface area contributed by atoms with Crippen LogP contribution in [0.1, 0.15) is 30.8 Å². The number of aromatic nitrogens is 1. The van der Waals surface area contributed by atoms with Gasteiger partial charge in [0.2, 0.25) is 5.91 Å². The van der Waals surface area contributed by atoms with Crippen LogP contribution in [0.25, 0.3) is 11.3 Å². The second-order valence-electron chi connectivity index (χ2n) is 6.14. The predicted molar refractivity (Wildman–Crippen MR) is 96.7 cm³/mol. The number of hydrogen-bond acceptors (Lipinski definition) is 4. The van der Waals surface area contributed by atoms with E-state index in [0.717, 1.165) is 47.4 Å². The number of benzene rings is 1. The van der Waals surface area contributed by atoms with Gasteiger partial charge >= 0.3 is 0 Å². The topological polar surface area (TPSA) is 67.2 Å². The lowest BCUT2D eigenvalue weighted by atomic mass is 10.1. The number of nitrogens with one attached hydrogen (secondary N) is 2. The summed E-state index contributed by atoms with van der Waals surface area (Å²) in [4.78, 5) is 16.5. The van der Waals surface area contributed by atoms with Gasteiger partial charge < -0.3 is 15.1 Å². The molecule has 0 spiro atoms. The quantitative estimate of drug-likeness (QED) is 0.820. The SMILES string of the molecule is Cc1nc(CCC(=O)NC2CCCNC2)oc1-c1ccc(Br)cc1. The molecule has 0 bridgehead atoms. The molecular weight excluding hydrogens is 370 g/mol. The zero-order valence-corrected chi connectivity index (χ0v) is 15.4. The number of oxazole rings is 1. The van der Waals surface area contributed by atoms with E-state index in [0.29, 0.717) is 18.7 Å². The zero-order valence-electron chi connectivity index (χ0n) is 13.8. The summed E-state index contributed by atoms with van der Waals surface area (Å²) in [7, 11) is 0. The number of nitrogens with zero attached hydrogens (tertiary/aromatic N) is 1. The van der Waals surface area contributed by atoms with Crippen LogP contribution in [0.15, 0.2) is 33.2 Å². The van der Waals surface area contributed by atoms with Crippen molar-refractivity contribution in [2.45, 2.75) is 38.6 Å². The molecule has 0 saturated carbocycles. The lowest BCUT2D eigenvalue weighted by Gasteiger charge is -2.23. The van der Waals surface area contributed by atoms with Crippen molar-refractivity contribution in [3.8, 4) is 11.3 Å². The number of amides is 1. The average Bonchev–Trinajstić information content (AvgIpc) is 2.95. The monoisotopic (exact) mass is 391 g/mol. The maximum absolute atomic E-state index is 12.1.